The summed E-state index contributed by atoms with van der Waals surface area (Å²) in [5, 5.41) is 17.4. The molecule has 1 aromatic carbocycles. The largest absolute Gasteiger partial charge is 0.464 e. The number of alkyl halides is 3. The van der Waals surface area contributed by atoms with Gasteiger partial charge in [-0.2, -0.15) is 18.4 Å². The van der Waals surface area contributed by atoms with Crippen LogP contribution in [0.5, 0.6) is 0 Å². The molecule has 1 aliphatic heterocycles. The Morgan fingerprint density at radius 2 is 1.76 bits per heavy atom. The number of nitriles is 1. The highest BCUT2D eigenvalue weighted by Gasteiger charge is 2.57. The van der Waals surface area contributed by atoms with Crippen LogP contribution < -0.4 is 4.90 Å². The van der Waals surface area contributed by atoms with Gasteiger partial charge in [0.15, 0.2) is 6.10 Å². The third kappa shape index (κ3) is 6.96. The van der Waals surface area contributed by atoms with E-state index in [4.69, 9.17) is 19.5 Å². The Labute approximate surface area is 288 Å². The molecule has 270 valence electrons. The molecule has 50 heavy (non-hydrogen) atoms. The SMILES string of the molecule is CCOC(=O)C(OCCOCc1cn(CCCN2C(=O)N(c3ccc(C#N)c(C(F)(F)F)c3)C(=O)C2(C)C)nn1)C12CC3CC(CC(C3)C1)C2. The molecule has 7 rings (SSSR count). The van der Waals surface area contributed by atoms with E-state index in [0.29, 0.717) is 49.1 Å². The zero-order valence-electron chi connectivity index (χ0n) is 28.6. The smallest absolute Gasteiger partial charge is 0.417 e. The second-order valence-corrected chi connectivity index (χ2v) is 14.6. The molecule has 5 aliphatic rings. The summed E-state index contributed by atoms with van der Waals surface area (Å²) in [7, 11) is 0. The Hall–Kier alpha value is -4.03. The maximum atomic E-state index is 13.6. The molecule has 4 aliphatic carbocycles. The molecule has 4 bridgehead atoms. The second kappa shape index (κ2) is 13.9. The number of imide groups is 1. The molecule has 12 nitrogen and oxygen atoms in total. The molecule has 2 heterocycles. The molecule has 1 atom stereocenters. The van der Waals surface area contributed by atoms with Gasteiger partial charge in [0.2, 0.25) is 0 Å². The Morgan fingerprint density at radius 3 is 2.38 bits per heavy atom. The maximum absolute atomic E-state index is 13.6. The van der Waals surface area contributed by atoms with Crippen LogP contribution >= 0.6 is 0 Å². The van der Waals surface area contributed by atoms with Crippen molar-refractivity contribution in [3.8, 4) is 6.07 Å². The van der Waals surface area contributed by atoms with Gasteiger partial charge in [-0.05, 0) is 102 Å². The number of aromatic nitrogens is 3. The zero-order valence-corrected chi connectivity index (χ0v) is 28.6. The number of ether oxygens (including phenoxy) is 3. The van der Waals surface area contributed by atoms with Gasteiger partial charge in [0.05, 0.1) is 55.5 Å². The van der Waals surface area contributed by atoms with E-state index >= 15 is 0 Å². The molecule has 2 aromatic rings. The average molecular weight is 701 g/mol. The van der Waals surface area contributed by atoms with E-state index in [9.17, 15) is 27.6 Å². The number of rotatable bonds is 14. The van der Waals surface area contributed by atoms with Crippen molar-refractivity contribution in [3.05, 3.63) is 41.2 Å². The summed E-state index contributed by atoms with van der Waals surface area (Å²) in [4.78, 5) is 41.6. The summed E-state index contributed by atoms with van der Waals surface area (Å²) in [6.45, 7) is 6.36. The fourth-order valence-electron chi connectivity index (χ4n) is 8.96. The highest BCUT2D eigenvalue weighted by atomic mass is 19.4. The molecule has 1 aromatic heterocycles. The minimum Gasteiger partial charge on any atom is -0.464 e. The number of benzene rings is 1. The summed E-state index contributed by atoms with van der Waals surface area (Å²) < 4.78 is 59.7. The van der Waals surface area contributed by atoms with Gasteiger partial charge in [-0.3, -0.25) is 9.48 Å². The average Bonchev–Trinajstić information content (AvgIpc) is 3.56. The van der Waals surface area contributed by atoms with E-state index in [1.165, 1.54) is 44.1 Å². The molecule has 1 saturated heterocycles. The minimum atomic E-state index is -4.83. The predicted molar refractivity (Wildman–Crippen MR) is 171 cm³/mol. The standard InChI is InChI=1S/C35H43F3N6O6/c1-4-49-30(45)29(34-16-22-12-23(17-34)14-24(13-22)18-34)50-11-10-48-21-26-20-42(41-40-26)8-5-9-43-32(47)44(31(46)33(43,2)3)27-7-6-25(19-39)28(15-27)35(36,37)38/h6-7,15,20,22-24,29H,4-5,8-14,16-18,21H2,1-3H3. The van der Waals surface area contributed by atoms with Gasteiger partial charge in [-0.15, -0.1) is 5.10 Å². The Morgan fingerprint density at radius 1 is 1.08 bits per heavy atom. The summed E-state index contributed by atoms with van der Waals surface area (Å²) in [5.41, 5.74) is -2.95. The molecule has 0 spiro atoms. The van der Waals surface area contributed by atoms with Crippen LogP contribution in [0.3, 0.4) is 0 Å². The molecular weight excluding hydrogens is 657 g/mol. The first kappa shape index (κ1) is 35.8. The fourth-order valence-corrected chi connectivity index (χ4v) is 8.96. The van der Waals surface area contributed by atoms with Crippen LogP contribution in [0.2, 0.25) is 0 Å². The molecule has 1 unspecified atom stereocenters. The first-order chi connectivity index (χ1) is 23.8. The van der Waals surface area contributed by atoms with Crippen LogP contribution in [0.1, 0.15) is 82.5 Å². The van der Waals surface area contributed by atoms with E-state index in [-0.39, 0.29) is 43.4 Å². The topological polar surface area (TPSA) is 140 Å². The lowest BCUT2D eigenvalue weighted by molar-refractivity contribution is -0.187. The number of anilines is 1. The van der Waals surface area contributed by atoms with Gasteiger partial charge < -0.3 is 19.1 Å². The van der Waals surface area contributed by atoms with Crippen molar-refractivity contribution in [1.29, 1.82) is 5.26 Å². The molecule has 4 saturated carbocycles. The highest BCUT2D eigenvalue weighted by Crippen LogP contribution is 2.62. The van der Waals surface area contributed by atoms with Crippen LogP contribution in [0.4, 0.5) is 23.7 Å². The van der Waals surface area contributed by atoms with Gasteiger partial charge in [-0.25, -0.2) is 14.5 Å². The van der Waals surface area contributed by atoms with E-state index in [1.54, 1.807) is 10.9 Å². The van der Waals surface area contributed by atoms with E-state index in [0.717, 1.165) is 36.3 Å². The number of amides is 3. The molecule has 0 N–H and O–H groups in total. The summed E-state index contributed by atoms with van der Waals surface area (Å²) >= 11 is 0. The number of hydrogen-bond acceptors (Lipinski definition) is 9. The van der Waals surface area contributed by atoms with E-state index in [2.05, 4.69) is 10.3 Å². The predicted octanol–water partition coefficient (Wildman–Crippen LogP) is 5.49. The lowest BCUT2D eigenvalue weighted by atomic mass is 9.48. The van der Waals surface area contributed by atoms with Gasteiger partial charge in [0.1, 0.15) is 11.2 Å². The molecule has 3 amide bonds. The van der Waals surface area contributed by atoms with E-state index in [1.807, 2.05) is 6.92 Å². The Kier molecular flexibility index (Phi) is 9.98. The van der Waals surface area contributed by atoms with Gasteiger partial charge in [0, 0.05) is 18.5 Å². The monoisotopic (exact) mass is 700 g/mol. The van der Waals surface area contributed by atoms with Crippen molar-refractivity contribution in [2.45, 2.75) is 96.7 Å². The van der Waals surface area contributed by atoms with Gasteiger partial charge in [-0.1, -0.05) is 5.21 Å². The Bertz CT molecular complexity index is 1620. The first-order valence-corrected chi connectivity index (χ1v) is 17.3. The quantitative estimate of drug-likeness (QED) is 0.142. The highest BCUT2D eigenvalue weighted by molar-refractivity contribution is 6.23. The molecule has 5 fully saturated rings. The summed E-state index contributed by atoms with van der Waals surface area (Å²) in [5.74, 6) is 1.06. The first-order valence-electron chi connectivity index (χ1n) is 17.3. The van der Waals surface area contributed by atoms with Crippen molar-refractivity contribution >= 4 is 23.6 Å². The van der Waals surface area contributed by atoms with Crippen LogP contribution in [0.25, 0.3) is 0 Å². The van der Waals surface area contributed by atoms with Crippen molar-refractivity contribution in [3.63, 3.8) is 0 Å². The number of halogens is 3. The van der Waals surface area contributed by atoms with Crippen LogP contribution in [-0.4, -0.2) is 75.8 Å². The van der Waals surface area contributed by atoms with Crippen LogP contribution in [0.15, 0.2) is 24.4 Å². The number of nitrogens with zero attached hydrogens (tertiary/aromatic N) is 6. The lowest BCUT2D eigenvalue weighted by Gasteiger charge is -2.58. The third-order valence-corrected chi connectivity index (χ3v) is 10.8. The minimum absolute atomic E-state index is 0.130. The number of carbonyl (C=O) groups is 3. The zero-order chi connectivity index (χ0) is 35.8. The Balaban J connectivity index is 0.983. The molecular formula is C35H43F3N6O6. The fraction of sp³-hybridized carbons (Fsp3) is 0.657. The maximum Gasteiger partial charge on any atom is 0.417 e. The summed E-state index contributed by atoms with van der Waals surface area (Å²) in [6, 6.07) is 3.52. The lowest BCUT2D eigenvalue weighted by Crippen LogP contribution is -2.55. The van der Waals surface area contributed by atoms with Gasteiger partial charge in [0.25, 0.3) is 5.91 Å². The van der Waals surface area contributed by atoms with Crippen molar-refractivity contribution in [1.82, 2.24) is 19.9 Å². The van der Waals surface area contributed by atoms with Crippen molar-refractivity contribution in [2.24, 2.45) is 23.2 Å². The van der Waals surface area contributed by atoms with Crippen molar-refractivity contribution in [2.75, 3.05) is 31.3 Å². The van der Waals surface area contributed by atoms with Gasteiger partial charge >= 0.3 is 18.2 Å². The van der Waals surface area contributed by atoms with Crippen molar-refractivity contribution < 1.29 is 41.8 Å². The third-order valence-electron chi connectivity index (χ3n) is 10.8. The van der Waals surface area contributed by atoms with Crippen LogP contribution in [-0.2, 0) is 43.1 Å². The summed E-state index contributed by atoms with van der Waals surface area (Å²) in [6.07, 6.45) is 3.52. The molecule has 0 radical (unpaired) electrons. The molecule has 15 heteroatoms. The number of hydrogen-bond donors (Lipinski definition) is 0. The second-order valence-electron chi connectivity index (χ2n) is 14.6. The van der Waals surface area contributed by atoms with Crippen LogP contribution in [0, 0.1) is 34.5 Å². The number of esters is 1. The normalized spacial score (nSPS) is 26.1. The number of urea groups is 1. The number of aryl methyl sites for hydroxylation is 1. The number of carbonyl (C=O) groups excluding carboxylic acids is 3. The van der Waals surface area contributed by atoms with E-state index < -0.39 is 40.9 Å².